The molecule has 0 amide bonds. The molecular formula is C17H18O4. The van der Waals surface area contributed by atoms with E-state index in [0.717, 1.165) is 11.3 Å². The van der Waals surface area contributed by atoms with Crippen molar-refractivity contribution in [2.24, 2.45) is 0 Å². The summed E-state index contributed by atoms with van der Waals surface area (Å²) in [6.07, 6.45) is 0. The lowest BCUT2D eigenvalue weighted by Crippen LogP contribution is -2.12. The van der Waals surface area contributed by atoms with E-state index in [2.05, 4.69) is 6.07 Å². The summed E-state index contributed by atoms with van der Waals surface area (Å²) in [4.78, 5) is 0. The van der Waals surface area contributed by atoms with E-state index in [0.29, 0.717) is 24.7 Å². The molecule has 0 radical (unpaired) electrons. The Bertz CT molecular complexity index is 624. The van der Waals surface area contributed by atoms with E-state index in [-0.39, 0.29) is 12.5 Å². The molecule has 0 bridgehead atoms. The predicted molar refractivity (Wildman–Crippen MR) is 79.1 cm³/mol. The third kappa shape index (κ3) is 2.81. The third-order valence-corrected chi connectivity index (χ3v) is 3.68. The lowest BCUT2D eigenvalue weighted by molar-refractivity contribution is 0.234. The predicted octanol–water partition coefficient (Wildman–Crippen LogP) is 2.74. The van der Waals surface area contributed by atoms with Crippen molar-refractivity contribution in [2.75, 3.05) is 20.3 Å². The van der Waals surface area contributed by atoms with Gasteiger partial charge in [-0.15, -0.1) is 0 Å². The second-order valence-electron chi connectivity index (χ2n) is 4.99. The summed E-state index contributed by atoms with van der Waals surface area (Å²) in [5.74, 6) is 2.50. The summed E-state index contributed by atoms with van der Waals surface area (Å²) in [6.45, 7) is 1.08. The molecule has 2 aromatic carbocycles. The van der Waals surface area contributed by atoms with E-state index in [1.54, 1.807) is 13.2 Å². The van der Waals surface area contributed by atoms with E-state index in [4.69, 9.17) is 14.2 Å². The number of rotatable bonds is 5. The van der Waals surface area contributed by atoms with Crippen molar-refractivity contribution in [3.63, 3.8) is 0 Å². The van der Waals surface area contributed by atoms with Gasteiger partial charge in [0.2, 0.25) is 0 Å². The Morgan fingerprint density at radius 2 is 2.10 bits per heavy atom. The van der Waals surface area contributed by atoms with Crippen molar-refractivity contribution in [2.45, 2.75) is 12.5 Å². The van der Waals surface area contributed by atoms with Gasteiger partial charge in [-0.2, -0.15) is 0 Å². The molecule has 2 aromatic rings. The topological polar surface area (TPSA) is 47.9 Å². The highest BCUT2D eigenvalue weighted by Crippen LogP contribution is 2.34. The second kappa shape index (κ2) is 6.06. The Morgan fingerprint density at radius 3 is 2.90 bits per heavy atom. The summed E-state index contributed by atoms with van der Waals surface area (Å²) >= 11 is 0. The number of hydrogen-bond donors (Lipinski definition) is 1. The van der Waals surface area contributed by atoms with Gasteiger partial charge in [-0.05, 0) is 18.2 Å². The lowest BCUT2D eigenvalue weighted by atomic mass is 10.0. The maximum absolute atomic E-state index is 9.39. The number of para-hydroxylation sites is 1. The largest absolute Gasteiger partial charge is 0.497 e. The van der Waals surface area contributed by atoms with E-state index < -0.39 is 0 Å². The third-order valence-electron chi connectivity index (χ3n) is 3.68. The Labute approximate surface area is 123 Å². The monoisotopic (exact) mass is 286 g/mol. The van der Waals surface area contributed by atoms with Crippen LogP contribution in [0.4, 0.5) is 0 Å². The molecule has 1 aliphatic rings. The van der Waals surface area contributed by atoms with Gasteiger partial charge in [0, 0.05) is 17.2 Å². The van der Waals surface area contributed by atoms with Crippen LogP contribution in [0.25, 0.3) is 0 Å². The first-order valence-corrected chi connectivity index (χ1v) is 6.94. The van der Waals surface area contributed by atoms with Gasteiger partial charge in [0.15, 0.2) is 0 Å². The molecule has 110 valence electrons. The fourth-order valence-corrected chi connectivity index (χ4v) is 2.48. The number of fused-ring (bicyclic) bond motifs is 1. The van der Waals surface area contributed by atoms with Gasteiger partial charge in [-0.3, -0.25) is 0 Å². The molecule has 4 heteroatoms. The van der Waals surface area contributed by atoms with Gasteiger partial charge < -0.3 is 19.3 Å². The molecule has 0 spiro atoms. The molecule has 0 saturated carbocycles. The van der Waals surface area contributed by atoms with Crippen LogP contribution in [0, 0.1) is 0 Å². The highest BCUT2D eigenvalue weighted by molar-refractivity contribution is 5.42. The Morgan fingerprint density at radius 1 is 1.24 bits per heavy atom. The van der Waals surface area contributed by atoms with E-state index in [9.17, 15) is 5.11 Å². The maximum Gasteiger partial charge on any atom is 0.128 e. The van der Waals surface area contributed by atoms with Crippen LogP contribution < -0.4 is 14.2 Å². The minimum atomic E-state index is -0.0585. The van der Waals surface area contributed by atoms with E-state index in [1.807, 2.05) is 30.3 Å². The fourth-order valence-electron chi connectivity index (χ4n) is 2.48. The first kappa shape index (κ1) is 13.8. The first-order valence-electron chi connectivity index (χ1n) is 6.94. The molecule has 0 saturated heterocycles. The molecule has 1 atom stereocenters. The first-order chi connectivity index (χ1) is 10.3. The summed E-state index contributed by atoms with van der Waals surface area (Å²) in [7, 11) is 1.61. The van der Waals surface area contributed by atoms with Crippen LogP contribution >= 0.6 is 0 Å². The maximum atomic E-state index is 9.39. The van der Waals surface area contributed by atoms with E-state index in [1.165, 1.54) is 5.56 Å². The van der Waals surface area contributed by atoms with Crippen molar-refractivity contribution in [1.82, 2.24) is 0 Å². The van der Waals surface area contributed by atoms with Crippen LogP contribution in [0.2, 0.25) is 0 Å². The smallest absolute Gasteiger partial charge is 0.128 e. The minimum Gasteiger partial charge on any atom is -0.497 e. The minimum absolute atomic E-state index is 0.0585. The summed E-state index contributed by atoms with van der Waals surface area (Å²) in [5, 5.41) is 9.39. The van der Waals surface area contributed by atoms with Crippen molar-refractivity contribution >= 4 is 0 Å². The standard InChI is InChI=1S/C17H18O4/c1-19-14-7-6-12(9-18)17(8-14)21-11-13-10-20-16-5-3-2-4-15(13)16/h2-8,13,18H,9-11H2,1H3. The number of benzene rings is 2. The highest BCUT2D eigenvalue weighted by atomic mass is 16.5. The fraction of sp³-hybridized carbons (Fsp3) is 0.294. The van der Waals surface area contributed by atoms with Crippen LogP contribution in [0.5, 0.6) is 17.2 Å². The quantitative estimate of drug-likeness (QED) is 0.918. The molecule has 21 heavy (non-hydrogen) atoms. The molecule has 0 aromatic heterocycles. The Hall–Kier alpha value is -2.20. The van der Waals surface area contributed by atoms with Crippen LogP contribution in [0.1, 0.15) is 17.0 Å². The SMILES string of the molecule is COc1ccc(CO)c(OCC2COc3ccccc32)c1. The number of aliphatic hydroxyl groups is 1. The normalized spacial score (nSPS) is 16.2. The summed E-state index contributed by atoms with van der Waals surface area (Å²) in [6, 6.07) is 13.4. The summed E-state index contributed by atoms with van der Waals surface area (Å²) < 4.78 is 16.7. The van der Waals surface area contributed by atoms with Crippen LogP contribution in [-0.2, 0) is 6.61 Å². The molecule has 4 nitrogen and oxygen atoms in total. The van der Waals surface area contributed by atoms with Gasteiger partial charge in [0.1, 0.15) is 17.2 Å². The van der Waals surface area contributed by atoms with Gasteiger partial charge in [0.05, 0.1) is 32.8 Å². The highest BCUT2D eigenvalue weighted by Gasteiger charge is 2.24. The summed E-state index contributed by atoms with van der Waals surface area (Å²) in [5.41, 5.74) is 1.92. The van der Waals surface area contributed by atoms with Crippen molar-refractivity contribution in [3.8, 4) is 17.2 Å². The van der Waals surface area contributed by atoms with Gasteiger partial charge in [0.25, 0.3) is 0 Å². The second-order valence-corrected chi connectivity index (χ2v) is 4.99. The van der Waals surface area contributed by atoms with E-state index >= 15 is 0 Å². The van der Waals surface area contributed by atoms with Crippen molar-refractivity contribution in [1.29, 1.82) is 0 Å². The number of methoxy groups -OCH3 is 1. The van der Waals surface area contributed by atoms with Crippen molar-refractivity contribution < 1.29 is 19.3 Å². The molecule has 1 unspecified atom stereocenters. The lowest BCUT2D eigenvalue weighted by Gasteiger charge is -2.14. The molecule has 1 aliphatic heterocycles. The zero-order chi connectivity index (χ0) is 14.7. The van der Waals surface area contributed by atoms with Gasteiger partial charge in [-0.1, -0.05) is 18.2 Å². The zero-order valence-electron chi connectivity index (χ0n) is 11.9. The van der Waals surface area contributed by atoms with Crippen LogP contribution in [0.15, 0.2) is 42.5 Å². The van der Waals surface area contributed by atoms with Gasteiger partial charge in [-0.25, -0.2) is 0 Å². The number of aliphatic hydroxyl groups excluding tert-OH is 1. The number of ether oxygens (including phenoxy) is 3. The molecule has 0 fully saturated rings. The molecule has 3 rings (SSSR count). The molecule has 1 heterocycles. The van der Waals surface area contributed by atoms with Crippen LogP contribution in [-0.4, -0.2) is 25.4 Å². The Kier molecular flexibility index (Phi) is 3.97. The zero-order valence-corrected chi connectivity index (χ0v) is 11.9. The average Bonchev–Trinajstić information content (AvgIpc) is 2.96. The van der Waals surface area contributed by atoms with Gasteiger partial charge >= 0.3 is 0 Å². The molecule has 0 aliphatic carbocycles. The average molecular weight is 286 g/mol. The van der Waals surface area contributed by atoms with Crippen molar-refractivity contribution in [3.05, 3.63) is 53.6 Å². The molecule has 1 N–H and O–H groups in total. The van der Waals surface area contributed by atoms with Crippen LogP contribution in [0.3, 0.4) is 0 Å². The number of hydrogen-bond acceptors (Lipinski definition) is 4. The Balaban J connectivity index is 1.74. The molecular weight excluding hydrogens is 268 g/mol.